The normalized spacial score (nSPS) is 19.1. The fourth-order valence-electron chi connectivity index (χ4n) is 2.22. The third-order valence-corrected chi connectivity index (χ3v) is 5.18. The van der Waals surface area contributed by atoms with E-state index in [4.69, 9.17) is 10.8 Å². The number of hydrogen-bond donors (Lipinski definition) is 2. The van der Waals surface area contributed by atoms with Crippen LogP contribution in [0.5, 0.6) is 0 Å². The maximum atomic E-state index is 12.2. The number of rotatable bonds is 5. The first-order chi connectivity index (χ1) is 9.34. The number of carboxylic acids is 1. The number of carboxylic acid groups (broad SMARTS) is 1. The third-order valence-electron chi connectivity index (χ3n) is 3.79. The van der Waals surface area contributed by atoms with E-state index in [1.165, 1.54) is 31.0 Å². The maximum absolute atomic E-state index is 12.2. The number of hydrogen-bond acceptors (Lipinski definition) is 4. The van der Waals surface area contributed by atoms with E-state index in [0.29, 0.717) is 5.75 Å². The number of carbonyl (C=O) groups is 2. The average Bonchev–Trinajstić information content (AvgIpc) is 2.34. The molecule has 116 valence electrons. The highest BCUT2D eigenvalue weighted by Crippen LogP contribution is 2.28. The van der Waals surface area contributed by atoms with E-state index in [-0.39, 0.29) is 5.91 Å². The minimum atomic E-state index is -1.03. The predicted octanol–water partition coefficient (Wildman–Crippen LogP) is 1.70. The van der Waals surface area contributed by atoms with E-state index in [0.717, 1.165) is 25.9 Å². The number of nitrogens with zero attached hydrogens (tertiary/aromatic N) is 1. The van der Waals surface area contributed by atoms with Gasteiger partial charge in [0.2, 0.25) is 5.91 Å². The molecule has 1 aliphatic rings. The van der Waals surface area contributed by atoms with Crippen LogP contribution in [0.25, 0.3) is 0 Å². The first-order valence-electron chi connectivity index (χ1n) is 7.24. The average molecular weight is 302 g/mol. The molecule has 0 aromatic carbocycles. The number of aliphatic carboxylic acids is 1. The second kappa shape index (κ2) is 7.88. The van der Waals surface area contributed by atoms with Crippen molar-refractivity contribution in [3.63, 3.8) is 0 Å². The van der Waals surface area contributed by atoms with E-state index in [9.17, 15) is 9.59 Å². The molecule has 3 N–H and O–H groups in total. The molecule has 0 radical (unpaired) electrons. The van der Waals surface area contributed by atoms with Gasteiger partial charge in [-0.1, -0.05) is 19.3 Å². The molecule has 1 fully saturated rings. The zero-order valence-corrected chi connectivity index (χ0v) is 13.2. The van der Waals surface area contributed by atoms with Gasteiger partial charge in [0, 0.05) is 17.8 Å². The lowest BCUT2D eigenvalue weighted by molar-refractivity contribution is -0.139. The maximum Gasteiger partial charge on any atom is 0.321 e. The summed E-state index contributed by atoms with van der Waals surface area (Å²) in [5.41, 5.74) is 5.66. The van der Waals surface area contributed by atoms with Crippen molar-refractivity contribution in [1.82, 2.24) is 4.90 Å². The highest BCUT2D eigenvalue weighted by atomic mass is 32.2. The minimum absolute atomic E-state index is 0.0996. The Morgan fingerprint density at radius 1 is 1.20 bits per heavy atom. The fourth-order valence-corrected chi connectivity index (χ4v) is 3.18. The fraction of sp³-hybridized carbons (Fsp3) is 0.857. The molecule has 0 unspecified atom stereocenters. The third kappa shape index (κ3) is 5.32. The van der Waals surface area contributed by atoms with Crippen LogP contribution in [-0.2, 0) is 9.59 Å². The van der Waals surface area contributed by atoms with Crippen molar-refractivity contribution < 1.29 is 14.7 Å². The molecule has 1 amide bonds. The van der Waals surface area contributed by atoms with Crippen LogP contribution in [0.2, 0.25) is 0 Å². The quantitative estimate of drug-likeness (QED) is 0.807. The zero-order valence-electron chi connectivity index (χ0n) is 12.4. The summed E-state index contributed by atoms with van der Waals surface area (Å²) in [4.78, 5) is 25.1. The van der Waals surface area contributed by atoms with Gasteiger partial charge in [0.1, 0.15) is 6.04 Å². The Morgan fingerprint density at radius 2 is 1.70 bits per heavy atom. The molecular formula is C14H26N2O3S. The van der Waals surface area contributed by atoms with Gasteiger partial charge in [-0.15, -0.1) is 11.8 Å². The molecule has 1 aliphatic heterocycles. The van der Waals surface area contributed by atoms with Crippen molar-refractivity contribution in [2.45, 2.75) is 56.7 Å². The molecule has 20 heavy (non-hydrogen) atoms. The molecule has 0 bridgehead atoms. The highest BCUT2D eigenvalue weighted by molar-refractivity contribution is 8.01. The van der Waals surface area contributed by atoms with E-state index >= 15 is 0 Å². The van der Waals surface area contributed by atoms with Crippen LogP contribution in [0.4, 0.5) is 0 Å². The Kier molecular flexibility index (Phi) is 6.82. The molecule has 6 heteroatoms. The topological polar surface area (TPSA) is 83.6 Å². The summed E-state index contributed by atoms with van der Waals surface area (Å²) in [7, 11) is 0. The molecule has 1 saturated heterocycles. The van der Waals surface area contributed by atoms with Crippen molar-refractivity contribution in [3.05, 3.63) is 0 Å². The molecule has 0 saturated carbocycles. The Bertz CT molecular complexity index is 339. The molecular weight excluding hydrogens is 276 g/mol. The van der Waals surface area contributed by atoms with E-state index in [2.05, 4.69) is 0 Å². The summed E-state index contributed by atoms with van der Waals surface area (Å²) in [6, 6.07) is -0.965. The van der Waals surface area contributed by atoms with Crippen molar-refractivity contribution in [1.29, 1.82) is 0 Å². The largest absolute Gasteiger partial charge is 0.480 e. The van der Waals surface area contributed by atoms with E-state index < -0.39 is 16.8 Å². The molecule has 5 nitrogen and oxygen atoms in total. The van der Waals surface area contributed by atoms with Crippen molar-refractivity contribution in [2.24, 2.45) is 5.73 Å². The molecule has 0 spiro atoms. The summed E-state index contributed by atoms with van der Waals surface area (Å²) < 4.78 is -0.649. The van der Waals surface area contributed by atoms with Crippen LogP contribution >= 0.6 is 11.8 Å². The van der Waals surface area contributed by atoms with Crippen LogP contribution < -0.4 is 5.73 Å². The summed E-state index contributed by atoms with van der Waals surface area (Å²) >= 11 is 1.33. The Morgan fingerprint density at radius 3 is 2.20 bits per heavy atom. The highest BCUT2D eigenvalue weighted by Gasteiger charge is 2.33. The summed E-state index contributed by atoms with van der Waals surface area (Å²) in [5.74, 6) is -0.627. The molecule has 1 rings (SSSR count). The van der Waals surface area contributed by atoms with Gasteiger partial charge in [0.25, 0.3) is 0 Å². The minimum Gasteiger partial charge on any atom is -0.480 e. The Hall–Kier alpha value is -0.750. The van der Waals surface area contributed by atoms with Gasteiger partial charge in [0.15, 0.2) is 0 Å². The summed E-state index contributed by atoms with van der Waals surface area (Å²) in [6.07, 6.45) is 5.76. The van der Waals surface area contributed by atoms with Gasteiger partial charge >= 0.3 is 5.97 Å². The first kappa shape index (κ1) is 17.3. The molecule has 1 heterocycles. The Balaban J connectivity index is 2.46. The predicted molar refractivity (Wildman–Crippen MR) is 81.8 cm³/mol. The van der Waals surface area contributed by atoms with Crippen LogP contribution in [0, 0.1) is 0 Å². The van der Waals surface area contributed by atoms with Crippen LogP contribution in [0.15, 0.2) is 0 Å². The number of nitrogens with two attached hydrogens (primary N) is 1. The zero-order chi connectivity index (χ0) is 15.2. The summed E-state index contributed by atoms with van der Waals surface area (Å²) in [5, 5.41) is 8.97. The molecule has 0 aromatic heterocycles. The SMILES string of the molecule is CC(C)(SCC(=O)N1CCCCCCC1)[C@H](N)C(=O)O. The lowest BCUT2D eigenvalue weighted by Crippen LogP contribution is -2.47. The second-order valence-corrected chi connectivity index (χ2v) is 7.49. The first-order valence-corrected chi connectivity index (χ1v) is 8.23. The van der Waals surface area contributed by atoms with Crippen LogP contribution in [0.3, 0.4) is 0 Å². The van der Waals surface area contributed by atoms with Crippen molar-refractivity contribution in [3.8, 4) is 0 Å². The lowest BCUT2D eigenvalue weighted by atomic mass is 10.1. The number of carbonyl (C=O) groups excluding carboxylic acids is 1. The van der Waals surface area contributed by atoms with E-state index in [1.807, 2.05) is 4.90 Å². The second-order valence-electron chi connectivity index (χ2n) is 5.86. The van der Waals surface area contributed by atoms with Gasteiger partial charge < -0.3 is 15.7 Å². The van der Waals surface area contributed by atoms with Gasteiger partial charge in [-0.05, 0) is 26.7 Å². The van der Waals surface area contributed by atoms with Crippen molar-refractivity contribution >= 4 is 23.6 Å². The summed E-state index contributed by atoms with van der Waals surface area (Å²) in [6.45, 7) is 5.20. The van der Waals surface area contributed by atoms with Gasteiger partial charge in [0.05, 0.1) is 5.75 Å². The monoisotopic (exact) mass is 302 g/mol. The van der Waals surface area contributed by atoms with E-state index in [1.54, 1.807) is 13.8 Å². The van der Waals surface area contributed by atoms with Crippen LogP contribution in [-0.4, -0.2) is 51.5 Å². The lowest BCUT2D eigenvalue weighted by Gasteiger charge is -2.30. The molecule has 1 atom stereocenters. The molecule has 0 aromatic rings. The molecule has 0 aliphatic carbocycles. The standard InChI is InChI=1S/C14H26N2O3S/c1-14(2,12(15)13(18)19)20-10-11(17)16-8-6-4-3-5-7-9-16/h12H,3-10,15H2,1-2H3,(H,18,19)/t12-/m1/s1. The van der Waals surface area contributed by atoms with Crippen LogP contribution in [0.1, 0.15) is 46.0 Å². The van der Waals surface area contributed by atoms with Gasteiger partial charge in [-0.2, -0.15) is 0 Å². The number of thioether (sulfide) groups is 1. The number of amides is 1. The van der Waals surface area contributed by atoms with Crippen molar-refractivity contribution in [2.75, 3.05) is 18.8 Å². The van der Waals surface area contributed by atoms with Gasteiger partial charge in [-0.3, -0.25) is 9.59 Å². The smallest absolute Gasteiger partial charge is 0.321 e. The Labute approximate surface area is 125 Å². The van der Waals surface area contributed by atoms with Gasteiger partial charge in [-0.25, -0.2) is 0 Å². The number of likely N-dealkylation sites (tertiary alicyclic amines) is 1.